The number of benzene rings is 2. The molecule has 168 valence electrons. The number of aryl methyl sites for hydroxylation is 1. The molecule has 2 aromatic rings. The maximum atomic E-state index is 13.1. The number of morpholine rings is 1. The number of anilines is 1. The van der Waals surface area contributed by atoms with Crippen LogP contribution in [0.5, 0.6) is 5.75 Å². The standard InChI is InChI=1S/C24H27N3O4S/c1-17-14-20(26-10-12-31-13-11-26)7-4-18(17)15-22-23(28)27(16-29-2)24(32-22)25-19-5-8-21(30-3)9-6-19/h4-9,14-15H,10-13,16H2,1-3H3/b22-15-,25-24?. The third kappa shape index (κ3) is 4.98. The maximum absolute atomic E-state index is 13.1. The summed E-state index contributed by atoms with van der Waals surface area (Å²) in [6.45, 7) is 5.51. The zero-order valence-corrected chi connectivity index (χ0v) is 19.4. The molecule has 2 fully saturated rings. The summed E-state index contributed by atoms with van der Waals surface area (Å²) in [5.41, 5.74) is 4.06. The summed E-state index contributed by atoms with van der Waals surface area (Å²) in [7, 11) is 3.19. The average molecular weight is 454 g/mol. The molecule has 0 saturated carbocycles. The number of aliphatic imine (C=N–C) groups is 1. The molecule has 32 heavy (non-hydrogen) atoms. The van der Waals surface area contributed by atoms with Crippen molar-refractivity contribution < 1.29 is 19.0 Å². The first kappa shape index (κ1) is 22.4. The van der Waals surface area contributed by atoms with Crippen molar-refractivity contribution >= 4 is 40.3 Å². The second-order valence-electron chi connectivity index (χ2n) is 7.49. The highest BCUT2D eigenvalue weighted by molar-refractivity contribution is 8.18. The molecule has 0 spiro atoms. The molecule has 2 aliphatic heterocycles. The third-order valence-corrected chi connectivity index (χ3v) is 6.37. The molecule has 1 amide bonds. The quantitative estimate of drug-likeness (QED) is 0.615. The Morgan fingerprint density at radius 1 is 1.12 bits per heavy atom. The molecule has 0 aromatic heterocycles. The topological polar surface area (TPSA) is 63.6 Å². The van der Waals surface area contributed by atoms with Crippen molar-refractivity contribution in [1.29, 1.82) is 0 Å². The van der Waals surface area contributed by atoms with Gasteiger partial charge in [0.15, 0.2) is 5.17 Å². The van der Waals surface area contributed by atoms with Crippen LogP contribution < -0.4 is 9.64 Å². The van der Waals surface area contributed by atoms with Gasteiger partial charge in [-0.05, 0) is 72.3 Å². The van der Waals surface area contributed by atoms with Gasteiger partial charge in [-0.1, -0.05) is 6.07 Å². The smallest absolute Gasteiger partial charge is 0.268 e. The number of carbonyl (C=O) groups excluding carboxylic acids is 1. The molecule has 0 unspecified atom stereocenters. The van der Waals surface area contributed by atoms with Gasteiger partial charge in [-0.3, -0.25) is 9.69 Å². The molecule has 8 heteroatoms. The first-order valence-electron chi connectivity index (χ1n) is 10.5. The first-order valence-corrected chi connectivity index (χ1v) is 11.3. The molecule has 4 rings (SSSR count). The molecule has 2 saturated heterocycles. The predicted molar refractivity (Wildman–Crippen MR) is 129 cm³/mol. The van der Waals surface area contributed by atoms with Crippen molar-refractivity contribution in [3.8, 4) is 5.75 Å². The zero-order valence-electron chi connectivity index (χ0n) is 18.5. The molecule has 0 bridgehead atoms. The molecule has 0 radical (unpaired) electrons. The highest BCUT2D eigenvalue weighted by Gasteiger charge is 2.33. The fourth-order valence-corrected chi connectivity index (χ4v) is 4.56. The van der Waals surface area contributed by atoms with Crippen molar-refractivity contribution in [2.75, 3.05) is 52.2 Å². The zero-order chi connectivity index (χ0) is 22.5. The van der Waals surface area contributed by atoms with Crippen LogP contribution in [0.15, 0.2) is 52.4 Å². The van der Waals surface area contributed by atoms with Crippen LogP contribution in [0, 0.1) is 6.92 Å². The molecule has 2 aromatic carbocycles. The molecular formula is C24H27N3O4S. The second kappa shape index (κ2) is 10.2. The van der Waals surface area contributed by atoms with Crippen molar-refractivity contribution in [2.24, 2.45) is 4.99 Å². The van der Waals surface area contributed by atoms with Crippen LogP contribution in [0.4, 0.5) is 11.4 Å². The number of amides is 1. The second-order valence-corrected chi connectivity index (χ2v) is 8.50. The number of carbonyl (C=O) groups is 1. The number of nitrogens with zero attached hydrogens (tertiary/aromatic N) is 3. The summed E-state index contributed by atoms with van der Waals surface area (Å²) in [5, 5.41) is 0.593. The van der Waals surface area contributed by atoms with Crippen molar-refractivity contribution in [2.45, 2.75) is 6.92 Å². The van der Waals surface area contributed by atoms with Gasteiger partial charge in [0.2, 0.25) is 0 Å². The van der Waals surface area contributed by atoms with Gasteiger partial charge in [0.1, 0.15) is 12.5 Å². The van der Waals surface area contributed by atoms with E-state index < -0.39 is 0 Å². The minimum atomic E-state index is -0.110. The van der Waals surface area contributed by atoms with Gasteiger partial charge < -0.3 is 19.1 Å². The number of hydrogen-bond donors (Lipinski definition) is 0. The lowest BCUT2D eigenvalue weighted by atomic mass is 10.1. The summed E-state index contributed by atoms with van der Waals surface area (Å²) >= 11 is 1.36. The van der Waals surface area contributed by atoms with E-state index in [1.165, 1.54) is 17.4 Å². The molecule has 0 aliphatic carbocycles. The Morgan fingerprint density at radius 3 is 2.53 bits per heavy atom. The van der Waals surface area contributed by atoms with E-state index in [2.05, 4.69) is 35.0 Å². The Bertz CT molecular complexity index is 1030. The van der Waals surface area contributed by atoms with Crippen LogP contribution in [-0.2, 0) is 14.3 Å². The molecule has 2 heterocycles. The van der Waals surface area contributed by atoms with E-state index in [1.807, 2.05) is 30.3 Å². The van der Waals surface area contributed by atoms with E-state index in [0.29, 0.717) is 10.1 Å². The number of rotatable bonds is 6. The lowest BCUT2D eigenvalue weighted by molar-refractivity contribution is -0.125. The van der Waals surface area contributed by atoms with E-state index >= 15 is 0 Å². The lowest BCUT2D eigenvalue weighted by Crippen LogP contribution is -2.36. The van der Waals surface area contributed by atoms with E-state index in [-0.39, 0.29) is 12.6 Å². The first-order chi connectivity index (χ1) is 15.6. The van der Waals surface area contributed by atoms with Crippen molar-refractivity contribution in [1.82, 2.24) is 4.90 Å². The van der Waals surface area contributed by atoms with Gasteiger partial charge in [-0.2, -0.15) is 0 Å². The number of amidine groups is 1. The Balaban J connectivity index is 1.58. The summed E-state index contributed by atoms with van der Waals surface area (Å²) in [6, 6.07) is 13.8. The number of methoxy groups -OCH3 is 2. The number of thioether (sulfide) groups is 1. The van der Waals surface area contributed by atoms with Crippen LogP contribution in [0.2, 0.25) is 0 Å². The van der Waals surface area contributed by atoms with Crippen LogP contribution in [0.25, 0.3) is 6.08 Å². The van der Waals surface area contributed by atoms with Crippen LogP contribution in [0.3, 0.4) is 0 Å². The fraction of sp³-hybridized carbons (Fsp3) is 0.333. The molecule has 0 N–H and O–H groups in total. The van der Waals surface area contributed by atoms with Gasteiger partial charge in [-0.15, -0.1) is 0 Å². The Morgan fingerprint density at radius 2 is 1.88 bits per heavy atom. The summed E-state index contributed by atoms with van der Waals surface area (Å²) in [5.74, 6) is 0.648. The molecule has 0 atom stereocenters. The number of ether oxygens (including phenoxy) is 3. The van der Waals surface area contributed by atoms with Gasteiger partial charge in [0, 0.05) is 25.9 Å². The van der Waals surface area contributed by atoms with Gasteiger partial charge in [0.05, 0.1) is 30.9 Å². The van der Waals surface area contributed by atoms with Crippen LogP contribution in [0.1, 0.15) is 11.1 Å². The van der Waals surface area contributed by atoms with Crippen LogP contribution >= 0.6 is 11.8 Å². The fourth-order valence-electron chi connectivity index (χ4n) is 3.58. The Hall–Kier alpha value is -2.81. The van der Waals surface area contributed by atoms with E-state index in [9.17, 15) is 4.79 Å². The summed E-state index contributed by atoms with van der Waals surface area (Å²) < 4.78 is 15.9. The maximum Gasteiger partial charge on any atom is 0.268 e. The SMILES string of the molecule is COCN1C(=O)/C(=C/c2ccc(N3CCOCC3)cc2C)SC1=Nc1ccc(OC)cc1. The summed E-state index contributed by atoms with van der Waals surface area (Å²) in [6.07, 6.45) is 1.94. The summed E-state index contributed by atoms with van der Waals surface area (Å²) in [4.78, 5) is 22.2. The van der Waals surface area contributed by atoms with Gasteiger partial charge in [0.25, 0.3) is 5.91 Å². The minimum Gasteiger partial charge on any atom is -0.497 e. The Kier molecular flexibility index (Phi) is 7.14. The van der Waals surface area contributed by atoms with E-state index in [0.717, 1.165) is 48.9 Å². The monoisotopic (exact) mass is 453 g/mol. The van der Waals surface area contributed by atoms with E-state index in [1.54, 1.807) is 19.1 Å². The minimum absolute atomic E-state index is 0.110. The largest absolute Gasteiger partial charge is 0.497 e. The molecule has 2 aliphatic rings. The highest BCUT2D eigenvalue weighted by Crippen LogP contribution is 2.35. The number of hydrogen-bond acceptors (Lipinski definition) is 7. The van der Waals surface area contributed by atoms with Crippen molar-refractivity contribution in [3.05, 3.63) is 58.5 Å². The molecular weight excluding hydrogens is 426 g/mol. The Labute approximate surface area is 192 Å². The normalized spacial score (nSPS) is 19.3. The molecule has 7 nitrogen and oxygen atoms in total. The average Bonchev–Trinajstić information content (AvgIpc) is 3.10. The predicted octanol–water partition coefficient (Wildman–Crippen LogP) is 4.05. The van der Waals surface area contributed by atoms with Crippen LogP contribution in [-0.4, -0.2) is 63.2 Å². The highest BCUT2D eigenvalue weighted by atomic mass is 32.2. The lowest BCUT2D eigenvalue weighted by Gasteiger charge is -2.29. The third-order valence-electron chi connectivity index (χ3n) is 5.36. The van der Waals surface area contributed by atoms with Gasteiger partial charge in [-0.25, -0.2) is 4.99 Å². The van der Waals surface area contributed by atoms with E-state index in [4.69, 9.17) is 14.2 Å². The van der Waals surface area contributed by atoms with Gasteiger partial charge >= 0.3 is 0 Å². The van der Waals surface area contributed by atoms with Crippen molar-refractivity contribution in [3.63, 3.8) is 0 Å².